The first-order chi connectivity index (χ1) is 10.6. The zero-order valence-electron chi connectivity index (χ0n) is 11.2. The molecule has 2 aromatic heterocycles. The summed E-state index contributed by atoms with van der Waals surface area (Å²) in [6.07, 6.45) is 1.55. The lowest BCUT2D eigenvalue weighted by molar-refractivity contribution is 0.0950. The summed E-state index contributed by atoms with van der Waals surface area (Å²) in [5.74, 6) is 0.809. The Bertz CT molecular complexity index is 799. The third-order valence-corrected chi connectivity index (χ3v) is 3.75. The van der Waals surface area contributed by atoms with Gasteiger partial charge in [-0.3, -0.25) is 4.79 Å². The predicted molar refractivity (Wildman–Crippen MR) is 84.5 cm³/mol. The molecule has 1 amide bonds. The molecule has 2 heterocycles. The molecule has 112 valence electrons. The molecule has 0 saturated heterocycles. The van der Waals surface area contributed by atoms with Crippen LogP contribution in [0.3, 0.4) is 0 Å². The van der Waals surface area contributed by atoms with Crippen molar-refractivity contribution in [2.45, 2.75) is 6.54 Å². The molecule has 0 aliphatic carbocycles. The van der Waals surface area contributed by atoms with E-state index in [0.717, 1.165) is 4.47 Å². The van der Waals surface area contributed by atoms with E-state index in [1.807, 2.05) is 0 Å². The van der Waals surface area contributed by atoms with Crippen LogP contribution in [0.4, 0.5) is 0 Å². The first-order valence-corrected chi connectivity index (χ1v) is 7.53. The molecule has 0 aliphatic heterocycles. The normalized spacial score (nSPS) is 10.6. The van der Waals surface area contributed by atoms with E-state index in [1.165, 1.54) is 0 Å². The SMILES string of the molecule is O=C(NCc1cc(-c2ccco2)on1)c1cc(Br)ccc1Cl. The van der Waals surface area contributed by atoms with Crippen molar-refractivity contribution in [3.63, 3.8) is 0 Å². The average Bonchev–Trinajstić information content (AvgIpc) is 3.17. The molecular weight excluding hydrogens is 372 g/mol. The van der Waals surface area contributed by atoms with Gasteiger partial charge in [-0.05, 0) is 30.3 Å². The fourth-order valence-electron chi connectivity index (χ4n) is 1.87. The van der Waals surface area contributed by atoms with Crippen LogP contribution >= 0.6 is 27.5 Å². The number of hydrogen-bond acceptors (Lipinski definition) is 4. The lowest BCUT2D eigenvalue weighted by Gasteiger charge is -2.05. The minimum Gasteiger partial charge on any atom is -0.461 e. The molecule has 0 unspecified atom stereocenters. The standard InChI is InChI=1S/C15H10BrClN2O3/c16-9-3-4-12(17)11(6-9)15(20)18-8-10-7-14(22-19-10)13-2-1-5-21-13/h1-7H,8H2,(H,18,20). The van der Waals surface area contributed by atoms with Crippen molar-refractivity contribution in [2.24, 2.45) is 0 Å². The Kier molecular flexibility index (Phi) is 4.31. The molecule has 7 heteroatoms. The zero-order chi connectivity index (χ0) is 15.5. The Labute approximate surface area is 139 Å². The van der Waals surface area contributed by atoms with Crippen molar-refractivity contribution < 1.29 is 13.7 Å². The smallest absolute Gasteiger partial charge is 0.253 e. The maximum absolute atomic E-state index is 12.1. The van der Waals surface area contributed by atoms with E-state index in [-0.39, 0.29) is 12.5 Å². The van der Waals surface area contributed by atoms with E-state index in [1.54, 1.807) is 42.7 Å². The molecule has 0 bridgehead atoms. The van der Waals surface area contributed by atoms with E-state index >= 15 is 0 Å². The summed E-state index contributed by atoms with van der Waals surface area (Å²) < 4.78 is 11.2. The van der Waals surface area contributed by atoms with Gasteiger partial charge in [0.15, 0.2) is 5.76 Å². The second-order valence-electron chi connectivity index (χ2n) is 4.47. The Morgan fingerprint density at radius 2 is 2.14 bits per heavy atom. The van der Waals surface area contributed by atoms with E-state index < -0.39 is 0 Å². The topological polar surface area (TPSA) is 68.3 Å². The van der Waals surface area contributed by atoms with Crippen molar-refractivity contribution in [3.05, 3.63) is 63.4 Å². The predicted octanol–water partition coefficient (Wildman–Crippen LogP) is 4.28. The molecule has 0 atom stereocenters. The second-order valence-corrected chi connectivity index (χ2v) is 5.79. The summed E-state index contributed by atoms with van der Waals surface area (Å²) >= 11 is 9.33. The summed E-state index contributed by atoms with van der Waals surface area (Å²) in [5, 5.41) is 7.02. The maximum atomic E-state index is 12.1. The number of halogens is 2. The van der Waals surface area contributed by atoms with Crippen LogP contribution < -0.4 is 5.32 Å². The monoisotopic (exact) mass is 380 g/mol. The maximum Gasteiger partial charge on any atom is 0.253 e. The third-order valence-electron chi connectivity index (χ3n) is 2.93. The third kappa shape index (κ3) is 3.23. The number of nitrogens with zero attached hydrogens (tertiary/aromatic N) is 1. The number of carbonyl (C=O) groups is 1. The molecule has 0 saturated carbocycles. The number of rotatable bonds is 4. The van der Waals surface area contributed by atoms with Gasteiger partial charge in [0, 0.05) is 10.5 Å². The summed E-state index contributed by atoms with van der Waals surface area (Å²) in [6, 6.07) is 10.3. The van der Waals surface area contributed by atoms with Gasteiger partial charge in [0.25, 0.3) is 5.91 Å². The van der Waals surface area contributed by atoms with Gasteiger partial charge in [0.1, 0.15) is 5.69 Å². The van der Waals surface area contributed by atoms with Gasteiger partial charge in [0.05, 0.1) is 23.4 Å². The van der Waals surface area contributed by atoms with Crippen molar-refractivity contribution in [1.29, 1.82) is 0 Å². The zero-order valence-corrected chi connectivity index (χ0v) is 13.5. The highest BCUT2D eigenvalue weighted by molar-refractivity contribution is 9.10. The number of nitrogens with one attached hydrogen (secondary N) is 1. The van der Waals surface area contributed by atoms with Gasteiger partial charge in [-0.1, -0.05) is 32.7 Å². The van der Waals surface area contributed by atoms with Crippen LogP contribution in [-0.2, 0) is 6.54 Å². The van der Waals surface area contributed by atoms with Gasteiger partial charge in [0.2, 0.25) is 5.76 Å². The number of furan rings is 1. The van der Waals surface area contributed by atoms with E-state index in [4.69, 9.17) is 20.5 Å². The van der Waals surface area contributed by atoms with Gasteiger partial charge < -0.3 is 14.3 Å². The largest absolute Gasteiger partial charge is 0.461 e. The molecule has 0 aliphatic rings. The van der Waals surface area contributed by atoms with Gasteiger partial charge in [-0.25, -0.2) is 0 Å². The number of amides is 1. The summed E-state index contributed by atoms with van der Waals surface area (Å²) in [6.45, 7) is 0.228. The van der Waals surface area contributed by atoms with E-state index in [0.29, 0.717) is 27.8 Å². The summed E-state index contributed by atoms with van der Waals surface area (Å²) in [4.78, 5) is 12.1. The summed E-state index contributed by atoms with van der Waals surface area (Å²) in [7, 11) is 0. The fraction of sp³-hybridized carbons (Fsp3) is 0.0667. The Hall–Kier alpha value is -2.05. The minimum absolute atomic E-state index is 0.228. The Balaban J connectivity index is 1.67. The number of aromatic nitrogens is 1. The van der Waals surface area contributed by atoms with Gasteiger partial charge in [-0.2, -0.15) is 0 Å². The average molecular weight is 382 g/mol. The molecule has 0 fully saturated rings. The fourth-order valence-corrected chi connectivity index (χ4v) is 2.43. The van der Waals surface area contributed by atoms with Crippen LogP contribution in [0.2, 0.25) is 5.02 Å². The first kappa shape index (κ1) is 14.9. The molecule has 5 nitrogen and oxygen atoms in total. The molecule has 1 N–H and O–H groups in total. The van der Waals surface area contributed by atoms with Crippen LogP contribution in [0, 0.1) is 0 Å². The lowest BCUT2D eigenvalue weighted by Crippen LogP contribution is -2.23. The van der Waals surface area contributed by atoms with Gasteiger partial charge >= 0.3 is 0 Å². The minimum atomic E-state index is -0.283. The molecule has 0 spiro atoms. The molecular formula is C15H10BrClN2O3. The second kappa shape index (κ2) is 6.37. The van der Waals surface area contributed by atoms with Crippen molar-refractivity contribution >= 4 is 33.4 Å². The van der Waals surface area contributed by atoms with Gasteiger partial charge in [-0.15, -0.1) is 0 Å². The van der Waals surface area contributed by atoms with Crippen LogP contribution in [0.15, 0.2) is 56.1 Å². The van der Waals surface area contributed by atoms with Crippen LogP contribution in [0.1, 0.15) is 16.1 Å². The van der Waals surface area contributed by atoms with Crippen molar-refractivity contribution in [1.82, 2.24) is 10.5 Å². The molecule has 3 aromatic rings. The molecule has 0 radical (unpaired) electrons. The number of hydrogen-bond donors (Lipinski definition) is 1. The van der Waals surface area contributed by atoms with Crippen LogP contribution in [-0.4, -0.2) is 11.1 Å². The first-order valence-electron chi connectivity index (χ1n) is 6.36. The van der Waals surface area contributed by atoms with Crippen molar-refractivity contribution in [3.8, 4) is 11.5 Å². The summed E-state index contributed by atoms with van der Waals surface area (Å²) in [5.41, 5.74) is 0.983. The lowest BCUT2D eigenvalue weighted by atomic mass is 10.2. The Morgan fingerprint density at radius 1 is 1.27 bits per heavy atom. The number of benzene rings is 1. The van der Waals surface area contributed by atoms with Crippen LogP contribution in [0.25, 0.3) is 11.5 Å². The highest BCUT2D eigenvalue weighted by atomic mass is 79.9. The quantitative estimate of drug-likeness (QED) is 0.732. The number of carbonyl (C=O) groups excluding carboxylic acids is 1. The van der Waals surface area contributed by atoms with E-state index in [9.17, 15) is 4.79 Å². The highest BCUT2D eigenvalue weighted by Gasteiger charge is 2.13. The Morgan fingerprint density at radius 3 is 2.91 bits per heavy atom. The van der Waals surface area contributed by atoms with E-state index in [2.05, 4.69) is 26.4 Å². The molecule has 22 heavy (non-hydrogen) atoms. The molecule has 3 rings (SSSR count). The highest BCUT2D eigenvalue weighted by Crippen LogP contribution is 2.22. The van der Waals surface area contributed by atoms with Crippen molar-refractivity contribution in [2.75, 3.05) is 0 Å². The van der Waals surface area contributed by atoms with Crippen LogP contribution in [0.5, 0.6) is 0 Å². The molecule has 1 aromatic carbocycles.